The highest BCUT2D eigenvalue weighted by molar-refractivity contribution is 5.25. The van der Waals surface area contributed by atoms with E-state index in [0.29, 0.717) is 17.8 Å². The quantitative estimate of drug-likeness (QED) is 0.838. The molecule has 0 saturated carbocycles. The van der Waals surface area contributed by atoms with E-state index < -0.39 is 0 Å². The van der Waals surface area contributed by atoms with Gasteiger partial charge < -0.3 is 14.8 Å². The summed E-state index contributed by atoms with van der Waals surface area (Å²) in [6.07, 6.45) is 4.04. The Kier molecular flexibility index (Phi) is 4.96. The van der Waals surface area contributed by atoms with Crippen molar-refractivity contribution >= 4 is 0 Å². The molecule has 1 aromatic heterocycles. The van der Waals surface area contributed by atoms with Crippen LogP contribution in [0.25, 0.3) is 0 Å². The van der Waals surface area contributed by atoms with E-state index in [0.717, 1.165) is 38.2 Å². The molecule has 1 aromatic rings. The number of nitrogens with zero attached hydrogens (tertiary/aromatic N) is 1. The lowest BCUT2D eigenvalue weighted by atomic mass is 9.96. The summed E-state index contributed by atoms with van der Waals surface area (Å²) in [5, 5.41) is 3.60. The van der Waals surface area contributed by atoms with E-state index >= 15 is 0 Å². The second-order valence-corrected chi connectivity index (χ2v) is 4.69. The highest BCUT2D eigenvalue weighted by atomic mass is 16.5. The monoisotopic (exact) mass is 250 g/mol. The number of pyridine rings is 1. The predicted molar refractivity (Wildman–Crippen MR) is 70.6 cm³/mol. The Morgan fingerprint density at radius 2 is 2.50 bits per heavy atom. The summed E-state index contributed by atoms with van der Waals surface area (Å²) in [7, 11) is 1.66. The van der Waals surface area contributed by atoms with Crippen molar-refractivity contribution in [1.82, 2.24) is 10.3 Å². The first kappa shape index (κ1) is 13.3. The lowest BCUT2D eigenvalue weighted by Crippen LogP contribution is -2.35. The summed E-state index contributed by atoms with van der Waals surface area (Å²) in [6, 6.07) is 4.51. The van der Waals surface area contributed by atoms with E-state index in [1.54, 1.807) is 13.3 Å². The molecule has 2 atom stereocenters. The normalized spacial score (nSPS) is 20.9. The Hall–Kier alpha value is -1.13. The Morgan fingerprint density at radius 1 is 1.61 bits per heavy atom. The molecule has 1 aliphatic rings. The van der Waals surface area contributed by atoms with Gasteiger partial charge in [0.15, 0.2) is 0 Å². The molecule has 4 nitrogen and oxygen atoms in total. The van der Waals surface area contributed by atoms with E-state index in [4.69, 9.17) is 9.47 Å². The average molecular weight is 250 g/mol. The molecule has 1 fully saturated rings. The largest absolute Gasteiger partial charge is 0.481 e. The van der Waals surface area contributed by atoms with Gasteiger partial charge in [-0.3, -0.25) is 0 Å². The molecule has 0 radical (unpaired) electrons. The second kappa shape index (κ2) is 6.71. The molecule has 2 unspecified atom stereocenters. The zero-order valence-corrected chi connectivity index (χ0v) is 11.2. The van der Waals surface area contributed by atoms with Gasteiger partial charge in [0.2, 0.25) is 5.88 Å². The van der Waals surface area contributed by atoms with E-state index in [9.17, 15) is 0 Å². The average Bonchev–Trinajstić information content (AvgIpc) is 2.94. The van der Waals surface area contributed by atoms with Crippen molar-refractivity contribution in [1.29, 1.82) is 0 Å². The highest BCUT2D eigenvalue weighted by Gasteiger charge is 2.24. The summed E-state index contributed by atoms with van der Waals surface area (Å²) in [5.74, 6) is 1.35. The first-order valence-corrected chi connectivity index (χ1v) is 6.64. The molecule has 1 aliphatic heterocycles. The van der Waals surface area contributed by atoms with E-state index in [1.165, 1.54) is 0 Å². The minimum Gasteiger partial charge on any atom is -0.481 e. The molecule has 4 heteroatoms. The van der Waals surface area contributed by atoms with Gasteiger partial charge in [0, 0.05) is 31.0 Å². The van der Waals surface area contributed by atoms with Crippen LogP contribution in [0.15, 0.2) is 18.3 Å². The first-order valence-electron chi connectivity index (χ1n) is 6.64. The van der Waals surface area contributed by atoms with Crippen LogP contribution in [0.1, 0.15) is 25.3 Å². The maximum absolute atomic E-state index is 5.46. The van der Waals surface area contributed by atoms with E-state index in [2.05, 4.69) is 23.3 Å². The minimum atomic E-state index is 0.511. The number of hydrogen-bond acceptors (Lipinski definition) is 4. The summed E-state index contributed by atoms with van der Waals surface area (Å²) in [4.78, 5) is 4.21. The molecule has 0 amide bonds. The third-order valence-electron chi connectivity index (χ3n) is 3.57. The fraction of sp³-hybridized carbons (Fsp3) is 0.643. The van der Waals surface area contributed by atoms with Crippen molar-refractivity contribution in [3.63, 3.8) is 0 Å². The maximum Gasteiger partial charge on any atom is 0.217 e. The Labute approximate surface area is 109 Å². The summed E-state index contributed by atoms with van der Waals surface area (Å²) in [6.45, 7) is 4.80. The molecule has 1 saturated heterocycles. The van der Waals surface area contributed by atoms with Gasteiger partial charge in [-0.05, 0) is 24.8 Å². The molecule has 1 N–H and O–H groups in total. The third-order valence-corrected chi connectivity index (χ3v) is 3.57. The van der Waals surface area contributed by atoms with Crippen molar-refractivity contribution in [2.24, 2.45) is 5.92 Å². The molecule has 2 heterocycles. The lowest BCUT2D eigenvalue weighted by molar-refractivity contribution is 0.175. The van der Waals surface area contributed by atoms with Crippen LogP contribution in [0, 0.1) is 5.92 Å². The molecular formula is C14H22N2O2. The van der Waals surface area contributed by atoms with Crippen LogP contribution < -0.4 is 10.1 Å². The fourth-order valence-electron chi connectivity index (χ4n) is 2.50. The molecule has 0 bridgehead atoms. The minimum absolute atomic E-state index is 0.511. The van der Waals surface area contributed by atoms with Gasteiger partial charge in [-0.15, -0.1) is 0 Å². The van der Waals surface area contributed by atoms with Crippen molar-refractivity contribution in [2.45, 2.75) is 32.4 Å². The second-order valence-electron chi connectivity index (χ2n) is 4.69. The molecule has 2 rings (SSSR count). The van der Waals surface area contributed by atoms with E-state index in [-0.39, 0.29) is 0 Å². The van der Waals surface area contributed by atoms with Crippen LogP contribution in [0.5, 0.6) is 5.88 Å². The molecule has 0 spiro atoms. The van der Waals surface area contributed by atoms with Gasteiger partial charge in [0.1, 0.15) is 0 Å². The van der Waals surface area contributed by atoms with Crippen LogP contribution in [-0.2, 0) is 11.3 Å². The van der Waals surface area contributed by atoms with Crippen LogP contribution in [-0.4, -0.2) is 31.3 Å². The number of nitrogens with one attached hydrogen (secondary N) is 1. The zero-order valence-electron chi connectivity index (χ0n) is 11.2. The van der Waals surface area contributed by atoms with Crippen molar-refractivity contribution in [3.05, 3.63) is 23.9 Å². The third kappa shape index (κ3) is 3.21. The van der Waals surface area contributed by atoms with Gasteiger partial charge in [0.05, 0.1) is 13.7 Å². The summed E-state index contributed by atoms with van der Waals surface area (Å²) in [5.41, 5.74) is 1.11. The van der Waals surface area contributed by atoms with Crippen LogP contribution in [0.2, 0.25) is 0 Å². The summed E-state index contributed by atoms with van der Waals surface area (Å²) < 4.78 is 10.7. The molecule has 18 heavy (non-hydrogen) atoms. The highest BCUT2D eigenvalue weighted by Crippen LogP contribution is 2.20. The fourth-order valence-corrected chi connectivity index (χ4v) is 2.50. The number of rotatable bonds is 6. The van der Waals surface area contributed by atoms with Crippen molar-refractivity contribution < 1.29 is 9.47 Å². The smallest absolute Gasteiger partial charge is 0.217 e. The van der Waals surface area contributed by atoms with Gasteiger partial charge in [0.25, 0.3) is 0 Å². The topological polar surface area (TPSA) is 43.4 Å². The van der Waals surface area contributed by atoms with Crippen LogP contribution in [0.4, 0.5) is 0 Å². The molecule has 0 aromatic carbocycles. The van der Waals surface area contributed by atoms with Gasteiger partial charge in [-0.1, -0.05) is 13.0 Å². The standard InChI is InChI=1S/C14H22N2O2/c1-3-13(12-6-8-18-10-12)16-9-11-5-4-7-15-14(11)17-2/h4-5,7,12-13,16H,3,6,8-10H2,1-2H3. The van der Waals surface area contributed by atoms with Gasteiger partial charge in [-0.25, -0.2) is 4.98 Å². The zero-order chi connectivity index (χ0) is 12.8. The molecule has 100 valence electrons. The Morgan fingerprint density at radius 3 is 3.17 bits per heavy atom. The Bertz CT molecular complexity index is 365. The number of hydrogen-bond donors (Lipinski definition) is 1. The summed E-state index contributed by atoms with van der Waals surface area (Å²) >= 11 is 0. The van der Waals surface area contributed by atoms with Gasteiger partial charge >= 0.3 is 0 Å². The van der Waals surface area contributed by atoms with Crippen LogP contribution >= 0.6 is 0 Å². The molecule has 0 aliphatic carbocycles. The first-order chi connectivity index (χ1) is 8.85. The van der Waals surface area contributed by atoms with Crippen molar-refractivity contribution in [3.8, 4) is 5.88 Å². The SMILES string of the molecule is CCC(NCc1cccnc1OC)C1CCOC1. The molecular weight excluding hydrogens is 228 g/mol. The number of methoxy groups -OCH3 is 1. The van der Waals surface area contributed by atoms with Crippen molar-refractivity contribution in [2.75, 3.05) is 20.3 Å². The number of ether oxygens (including phenoxy) is 2. The van der Waals surface area contributed by atoms with Gasteiger partial charge in [-0.2, -0.15) is 0 Å². The van der Waals surface area contributed by atoms with E-state index in [1.807, 2.05) is 6.07 Å². The lowest BCUT2D eigenvalue weighted by Gasteiger charge is -2.22. The number of aromatic nitrogens is 1. The predicted octanol–water partition coefficient (Wildman–Crippen LogP) is 1.99. The maximum atomic E-state index is 5.46. The van der Waals surface area contributed by atoms with Crippen LogP contribution in [0.3, 0.4) is 0 Å². The Balaban J connectivity index is 1.92.